The summed E-state index contributed by atoms with van der Waals surface area (Å²) in [5.41, 5.74) is 2.78. The first kappa shape index (κ1) is 16.2. The van der Waals surface area contributed by atoms with E-state index < -0.39 is 0 Å². The number of nitrogens with zero attached hydrogens (tertiary/aromatic N) is 2. The number of carbonyl (C=O) groups is 1. The van der Waals surface area contributed by atoms with E-state index >= 15 is 0 Å². The number of fused-ring (bicyclic) bond motifs is 1. The van der Waals surface area contributed by atoms with Crippen molar-refractivity contribution in [2.24, 2.45) is 4.40 Å². The fraction of sp³-hybridized carbons (Fsp3) is 0.467. The zero-order valence-electron chi connectivity index (χ0n) is 12.7. The molecule has 0 fully saturated rings. The van der Waals surface area contributed by atoms with Crippen molar-refractivity contribution in [2.75, 3.05) is 11.9 Å². The number of anilines is 1. The molecule has 0 radical (unpaired) electrons. The zero-order chi connectivity index (χ0) is 15.6. The third kappa shape index (κ3) is 4.14. The van der Waals surface area contributed by atoms with Gasteiger partial charge in [-0.2, -0.15) is 0 Å². The number of hydrogen-bond donors (Lipinski definition) is 1. The van der Waals surface area contributed by atoms with E-state index in [1.807, 2.05) is 19.2 Å². The Kier molecular flexibility index (Phi) is 4.84. The lowest BCUT2D eigenvalue weighted by Gasteiger charge is -2.29. The van der Waals surface area contributed by atoms with Crippen molar-refractivity contribution in [3.63, 3.8) is 0 Å². The molecule has 2 amide bonds. The molecule has 0 unspecified atom stereocenters. The molecule has 2 rings (SSSR count). The minimum absolute atomic E-state index is 0.0683. The van der Waals surface area contributed by atoms with Gasteiger partial charge in [0.1, 0.15) is 0 Å². The van der Waals surface area contributed by atoms with Crippen molar-refractivity contribution >= 4 is 41.5 Å². The van der Waals surface area contributed by atoms with Gasteiger partial charge in [0.05, 0.1) is 6.54 Å². The van der Waals surface area contributed by atoms with Crippen LogP contribution in [0.1, 0.15) is 38.8 Å². The van der Waals surface area contributed by atoms with Crippen LogP contribution in [-0.2, 0) is 6.54 Å². The molecule has 6 heteroatoms. The highest BCUT2D eigenvalue weighted by molar-refractivity contribution is 7.99. The van der Waals surface area contributed by atoms with E-state index in [1.165, 1.54) is 11.9 Å². The highest BCUT2D eigenvalue weighted by atomic mass is 35.5. The Morgan fingerprint density at radius 3 is 2.81 bits per heavy atom. The molecule has 1 heterocycles. The summed E-state index contributed by atoms with van der Waals surface area (Å²) in [6.45, 7) is 9.55. The molecule has 0 saturated heterocycles. The summed E-state index contributed by atoms with van der Waals surface area (Å²) in [5.74, 6) is 0. The van der Waals surface area contributed by atoms with Crippen LogP contribution in [0, 0.1) is 0 Å². The van der Waals surface area contributed by atoms with Crippen LogP contribution in [0.5, 0.6) is 0 Å². The lowest BCUT2D eigenvalue weighted by atomic mass is 10.0. The summed E-state index contributed by atoms with van der Waals surface area (Å²) < 4.78 is 4.50. The van der Waals surface area contributed by atoms with Crippen LogP contribution >= 0.6 is 23.5 Å². The number of nitrogens with one attached hydrogen (secondary N) is 1. The molecule has 0 aliphatic carbocycles. The van der Waals surface area contributed by atoms with Gasteiger partial charge in [0.25, 0.3) is 0 Å². The lowest BCUT2D eigenvalue weighted by Crippen LogP contribution is -2.38. The van der Waals surface area contributed by atoms with Crippen LogP contribution in [0.25, 0.3) is 0 Å². The van der Waals surface area contributed by atoms with Crippen LogP contribution in [0.4, 0.5) is 10.5 Å². The summed E-state index contributed by atoms with van der Waals surface area (Å²) in [6.07, 6.45) is 1.83. The van der Waals surface area contributed by atoms with E-state index in [-0.39, 0.29) is 10.8 Å². The maximum atomic E-state index is 11.9. The predicted molar refractivity (Wildman–Crippen MR) is 91.5 cm³/mol. The Bertz CT molecular complexity index is 581. The maximum Gasteiger partial charge on any atom is 0.322 e. The van der Waals surface area contributed by atoms with E-state index in [9.17, 15) is 4.79 Å². The van der Waals surface area contributed by atoms with Gasteiger partial charge in [-0.3, -0.25) is 0 Å². The largest absolute Gasteiger partial charge is 0.322 e. The van der Waals surface area contributed by atoms with Gasteiger partial charge in [-0.05, 0) is 51.8 Å². The molecular formula is C15H20ClN3OS. The van der Waals surface area contributed by atoms with Gasteiger partial charge in [0, 0.05) is 39.3 Å². The molecule has 1 aliphatic heterocycles. The molecule has 0 atom stereocenters. The summed E-state index contributed by atoms with van der Waals surface area (Å²) >= 11 is 7.65. The second-order valence-corrected chi connectivity index (χ2v) is 7.96. The number of benzene rings is 1. The van der Waals surface area contributed by atoms with Crippen molar-refractivity contribution in [3.8, 4) is 0 Å². The minimum Gasteiger partial charge on any atom is -0.320 e. The smallest absolute Gasteiger partial charge is 0.320 e. The standard InChI is InChI=1S/C15H20ClN3OS/c1-5-19-9-12-10(8-17-21-15(2,3)4)6-11(16)7-13(12)18-14(19)20/h6-8H,5,9H2,1-4H3,(H,18,20). The Hall–Kier alpha value is -1.20. The first-order chi connectivity index (χ1) is 9.80. The quantitative estimate of drug-likeness (QED) is 0.653. The number of carbonyl (C=O) groups excluding carboxylic acids is 1. The lowest BCUT2D eigenvalue weighted by molar-refractivity contribution is 0.210. The van der Waals surface area contributed by atoms with Gasteiger partial charge in [-0.15, -0.1) is 0 Å². The van der Waals surface area contributed by atoms with E-state index in [1.54, 1.807) is 11.0 Å². The van der Waals surface area contributed by atoms with Crippen LogP contribution in [0.2, 0.25) is 5.02 Å². The molecule has 21 heavy (non-hydrogen) atoms. The number of hydrogen-bond acceptors (Lipinski definition) is 3. The van der Waals surface area contributed by atoms with Crippen LogP contribution in [0.3, 0.4) is 0 Å². The van der Waals surface area contributed by atoms with Crippen LogP contribution in [-0.4, -0.2) is 28.4 Å². The zero-order valence-corrected chi connectivity index (χ0v) is 14.3. The normalized spacial score (nSPS) is 15.3. The van der Waals surface area contributed by atoms with Gasteiger partial charge >= 0.3 is 6.03 Å². The third-order valence-corrected chi connectivity index (χ3v) is 4.00. The molecule has 0 aromatic heterocycles. The summed E-state index contributed by atoms with van der Waals surface area (Å²) in [6, 6.07) is 3.59. The molecule has 1 aromatic carbocycles. The Morgan fingerprint density at radius 1 is 1.48 bits per heavy atom. The van der Waals surface area contributed by atoms with Crippen molar-refractivity contribution in [1.82, 2.24) is 4.90 Å². The second kappa shape index (κ2) is 6.28. The molecule has 114 valence electrons. The summed E-state index contributed by atoms with van der Waals surface area (Å²) in [5, 5.41) is 3.48. The molecule has 1 aromatic rings. The average molecular weight is 326 g/mol. The molecule has 0 bridgehead atoms. The monoisotopic (exact) mass is 325 g/mol. The van der Waals surface area contributed by atoms with E-state index in [4.69, 9.17) is 11.6 Å². The van der Waals surface area contributed by atoms with E-state index in [0.717, 1.165) is 16.8 Å². The molecule has 0 spiro atoms. The highest BCUT2D eigenvalue weighted by Crippen LogP contribution is 2.30. The van der Waals surface area contributed by atoms with Crippen molar-refractivity contribution in [1.29, 1.82) is 0 Å². The fourth-order valence-corrected chi connectivity index (χ4v) is 2.72. The predicted octanol–water partition coefficient (Wildman–Crippen LogP) is 4.57. The second-order valence-electron chi connectivity index (χ2n) is 5.90. The number of amides is 2. The topological polar surface area (TPSA) is 44.7 Å². The third-order valence-electron chi connectivity index (χ3n) is 3.03. The van der Waals surface area contributed by atoms with Gasteiger partial charge < -0.3 is 10.2 Å². The number of halogens is 1. The fourth-order valence-electron chi connectivity index (χ4n) is 2.01. The summed E-state index contributed by atoms with van der Waals surface area (Å²) in [7, 11) is 0. The Labute approximate surface area is 135 Å². The molecule has 1 N–H and O–H groups in total. The molecule has 1 aliphatic rings. The molecular weight excluding hydrogens is 306 g/mol. The van der Waals surface area contributed by atoms with Crippen LogP contribution in [0.15, 0.2) is 16.5 Å². The van der Waals surface area contributed by atoms with Gasteiger partial charge in [0.2, 0.25) is 0 Å². The first-order valence-corrected chi connectivity index (χ1v) is 8.05. The van der Waals surface area contributed by atoms with Crippen molar-refractivity contribution < 1.29 is 4.79 Å². The molecule has 4 nitrogen and oxygen atoms in total. The first-order valence-electron chi connectivity index (χ1n) is 6.90. The maximum absolute atomic E-state index is 11.9. The number of rotatable bonds is 3. The van der Waals surface area contributed by atoms with E-state index in [2.05, 4.69) is 30.5 Å². The van der Waals surface area contributed by atoms with Gasteiger partial charge in [-0.1, -0.05) is 11.6 Å². The number of urea groups is 1. The Balaban J connectivity index is 2.32. The van der Waals surface area contributed by atoms with E-state index in [0.29, 0.717) is 18.1 Å². The molecule has 0 saturated carbocycles. The van der Waals surface area contributed by atoms with Gasteiger partial charge in [-0.25, -0.2) is 9.19 Å². The SMILES string of the molecule is CCN1Cc2c(C=NSC(C)(C)C)cc(Cl)cc2NC1=O. The minimum atomic E-state index is -0.0841. The van der Waals surface area contributed by atoms with Crippen molar-refractivity contribution in [2.45, 2.75) is 39.0 Å². The van der Waals surface area contributed by atoms with Crippen LogP contribution < -0.4 is 5.32 Å². The van der Waals surface area contributed by atoms with Gasteiger partial charge in [0.15, 0.2) is 0 Å². The average Bonchev–Trinajstić information content (AvgIpc) is 2.36. The summed E-state index contributed by atoms with van der Waals surface area (Å²) in [4.78, 5) is 13.6. The highest BCUT2D eigenvalue weighted by Gasteiger charge is 2.23. The Morgan fingerprint density at radius 2 is 2.19 bits per heavy atom. The van der Waals surface area contributed by atoms with Crippen molar-refractivity contribution in [3.05, 3.63) is 28.3 Å².